The van der Waals surface area contributed by atoms with E-state index in [1.54, 1.807) is 11.3 Å². The number of halogens is 1. The zero-order valence-electron chi connectivity index (χ0n) is 10.7. The van der Waals surface area contributed by atoms with Gasteiger partial charge in [-0.3, -0.25) is 4.90 Å². The molecule has 0 spiro atoms. The van der Waals surface area contributed by atoms with E-state index in [4.69, 9.17) is 0 Å². The second kappa shape index (κ2) is 6.18. The van der Waals surface area contributed by atoms with Gasteiger partial charge in [-0.1, -0.05) is 28.1 Å². The minimum absolute atomic E-state index is 0.390. The van der Waals surface area contributed by atoms with Gasteiger partial charge in [0.1, 0.15) is 0 Å². The molecular weight excluding hydrogens is 320 g/mol. The lowest BCUT2D eigenvalue weighted by atomic mass is 9.99. The minimum atomic E-state index is 0.390. The summed E-state index contributed by atoms with van der Waals surface area (Å²) in [6.07, 6.45) is 0. The van der Waals surface area contributed by atoms with Crippen molar-refractivity contribution >= 4 is 27.3 Å². The van der Waals surface area contributed by atoms with E-state index < -0.39 is 0 Å². The first-order valence-corrected chi connectivity index (χ1v) is 8.30. The van der Waals surface area contributed by atoms with Crippen LogP contribution in [0.15, 0.2) is 45.6 Å². The number of benzene rings is 1. The lowest BCUT2D eigenvalue weighted by Crippen LogP contribution is -2.45. The molecule has 19 heavy (non-hydrogen) atoms. The normalized spacial score (nSPS) is 18.4. The van der Waals surface area contributed by atoms with Crippen LogP contribution in [0.1, 0.15) is 17.2 Å². The molecule has 1 N–H and O–H groups in total. The van der Waals surface area contributed by atoms with Crippen molar-refractivity contribution in [3.63, 3.8) is 0 Å². The van der Waals surface area contributed by atoms with E-state index in [0.29, 0.717) is 6.04 Å². The van der Waals surface area contributed by atoms with Crippen LogP contribution in [0.3, 0.4) is 0 Å². The Morgan fingerprint density at radius 2 is 1.79 bits per heavy atom. The predicted octanol–water partition coefficient (Wildman–Crippen LogP) is 3.51. The number of nitrogens with zero attached hydrogens (tertiary/aromatic N) is 1. The first kappa shape index (κ1) is 13.3. The maximum atomic E-state index is 3.52. The molecule has 0 amide bonds. The quantitative estimate of drug-likeness (QED) is 0.922. The number of thiophene rings is 1. The Morgan fingerprint density at radius 3 is 2.42 bits per heavy atom. The Hall–Kier alpha value is -0.680. The summed E-state index contributed by atoms with van der Waals surface area (Å²) in [4.78, 5) is 2.57. The van der Waals surface area contributed by atoms with Crippen molar-refractivity contribution in [3.8, 4) is 0 Å². The molecule has 0 radical (unpaired) electrons. The number of piperazine rings is 1. The van der Waals surface area contributed by atoms with Gasteiger partial charge in [0, 0.05) is 30.7 Å². The Kier molecular flexibility index (Phi) is 4.33. The van der Waals surface area contributed by atoms with E-state index in [2.05, 4.69) is 67.2 Å². The van der Waals surface area contributed by atoms with Gasteiger partial charge in [0.05, 0.1) is 6.04 Å². The molecule has 1 atom stereocenters. The molecule has 2 heterocycles. The monoisotopic (exact) mass is 336 g/mol. The summed E-state index contributed by atoms with van der Waals surface area (Å²) < 4.78 is 1.14. The van der Waals surface area contributed by atoms with Crippen LogP contribution in [-0.4, -0.2) is 31.1 Å². The highest BCUT2D eigenvalue weighted by Crippen LogP contribution is 2.31. The van der Waals surface area contributed by atoms with E-state index >= 15 is 0 Å². The van der Waals surface area contributed by atoms with Gasteiger partial charge in [-0.05, 0) is 40.1 Å². The van der Waals surface area contributed by atoms with E-state index in [9.17, 15) is 0 Å². The molecule has 1 unspecified atom stereocenters. The van der Waals surface area contributed by atoms with Crippen molar-refractivity contribution < 1.29 is 0 Å². The molecular formula is C15H17BrN2S. The first-order valence-electron chi connectivity index (χ1n) is 6.57. The average molecular weight is 337 g/mol. The molecule has 100 valence electrons. The maximum Gasteiger partial charge on any atom is 0.0610 e. The topological polar surface area (TPSA) is 15.3 Å². The molecule has 4 heteroatoms. The fraction of sp³-hybridized carbons (Fsp3) is 0.333. The van der Waals surface area contributed by atoms with Gasteiger partial charge >= 0.3 is 0 Å². The molecule has 2 aromatic rings. The maximum absolute atomic E-state index is 3.52. The molecule has 1 aliphatic heterocycles. The van der Waals surface area contributed by atoms with Crippen LogP contribution < -0.4 is 5.32 Å². The largest absolute Gasteiger partial charge is 0.314 e. The zero-order chi connectivity index (χ0) is 13.1. The zero-order valence-corrected chi connectivity index (χ0v) is 13.1. The molecule has 0 aliphatic carbocycles. The highest BCUT2D eigenvalue weighted by molar-refractivity contribution is 9.10. The summed E-state index contributed by atoms with van der Waals surface area (Å²) in [5.74, 6) is 0. The molecule has 1 saturated heterocycles. The third-order valence-corrected chi connectivity index (χ3v) is 4.79. The van der Waals surface area contributed by atoms with E-state index in [-0.39, 0.29) is 0 Å². The van der Waals surface area contributed by atoms with Crippen molar-refractivity contribution in [2.24, 2.45) is 0 Å². The van der Waals surface area contributed by atoms with Gasteiger partial charge in [-0.2, -0.15) is 11.3 Å². The highest BCUT2D eigenvalue weighted by atomic mass is 79.9. The average Bonchev–Trinajstić information content (AvgIpc) is 2.96. The van der Waals surface area contributed by atoms with Crippen molar-refractivity contribution in [2.75, 3.05) is 26.2 Å². The standard InChI is InChI=1S/C15H17BrN2S/c16-14-3-1-12(2-4-14)15(13-5-10-19-11-13)18-8-6-17-7-9-18/h1-5,10-11,15,17H,6-9H2. The lowest BCUT2D eigenvalue weighted by molar-refractivity contribution is 0.199. The summed E-state index contributed by atoms with van der Waals surface area (Å²) in [6, 6.07) is 11.4. The fourth-order valence-corrected chi connectivity index (χ4v) is 3.57. The van der Waals surface area contributed by atoms with Gasteiger partial charge in [0.2, 0.25) is 0 Å². The Labute approximate surface area is 126 Å². The molecule has 1 aromatic heterocycles. The van der Waals surface area contributed by atoms with Crippen LogP contribution in [-0.2, 0) is 0 Å². The van der Waals surface area contributed by atoms with Gasteiger partial charge in [0.15, 0.2) is 0 Å². The van der Waals surface area contributed by atoms with Gasteiger partial charge < -0.3 is 5.32 Å². The molecule has 0 bridgehead atoms. The number of hydrogen-bond acceptors (Lipinski definition) is 3. The third kappa shape index (κ3) is 3.08. The minimum Gasteiger partial charge on any atom is -0.314 e. The number of nitrogens with one attached hydrogen (secondary N) is 1. The first-order chi connectivity index (χ1) is 9.34. The molecule has 3 rings (SSSR count). The highest BCUT2D eigenvalue weighted by Gasteiger charge is 2.23. The SMILES string of the molecule is Brc1ccc(C(c2ccsc2)N2CCNCC2)cc1. The number of hydrogen-bond donors (Lipinski definition) is 1. The summed E-state index contributed by atoms with van der Waals surface area (Å²) in [7, 11) is 0. The van der Waals surface area contributed by atoms with E-state index in [1.165, 1.54) is 11.1 Å². The van der Waals surface area contributed by atoms with Crippen molar-refractivity contribution in [1.82, 2.24) is 10.2 Å². The second-order valence-corrected chi connectivity index (χ2v) is 6.49. The summed E-state index contributed by atoms with van der Waals surface area (Å²) in [5.41, 5.74) is 2.79. The van der Waals surface area contributed by atoms with Crippen LogP contribution >= 0.6 is 27.3 Å². The lowest BCUT2D eigenvalue weighted by Gasteiger charge is -2.35. The van der Waals surface area contributed by atoms with Crippen LogP contribution in [0.2, 0.25) is 0 Å². The van der Waals surface area contributed by atoms with Crippen molar-refractivity contribution in [1.29, 1.82) is 0 Å². The van der Waals surface area contributed by atoms with Gasteiger partial charge in [-0.15, -0.1) is 0 Å². The Bertz CT molecular complexity index is 503. The molecule has 2 nitrogen and oxygen atoms in total. The van der Waals surface area contributed by atoms with Crippen LogP contribution in [0.5, 0.6) is 0 Å². The molecule has 1 aromatic carbocycles. The Morgan fingerprint density at radius 1 is 1.05 bits per heavy atom. The third-order valence-electron chi connectivity index (χ3n) is 3.56. The summed E-state index contributed by atoms with van der Waals surface area (Å²) >= 11 is 5.30. The van der Waals surface area contributed by atoms with Crippen LogP contribution in [0, 0.1) is 0 Å². The summed E-state index contributed by atoms with van der Waals surface area (Å²) in [5, 5.41) is 7.87. The van der Waals surface area contributed by atoms with E-state index in [1.807, 2.05) is 0 Å². The molecule has 1 aliphatic rings. The molecule has 1 fully saturated rings. The van der Waals surface area contributed by atoms with Gasteiger partial charge in [-0.25, -0.2) is 0 Å². The van der Waals surface area contributed by atoms with Crippen LogP contribution in [0.25, 0.3) is 0 Å². The molecule has 0 saturated carbocycles. The fourth-order valence-electron chi connectivity index (χ4n) is 2.63. The second-order valence-electron chi connectivity index (χ2n) is 4.80. The van der Waals surface area contributed by atoms with E-state index in [0.717, 1.165) is 30.7 Å². The Balaban J connectivity index is 1.93. The van der Waals surface area contributed by atoms with Gasteiger partial charge in [0.25, 0.3) is 0 Å². The predicted molar refractivity (Wildman–Crippen MR) is 84.7 cm³/mol. The van der Waals surface area contributed by atoms with Crippen molar-refractivity contribution in [3.05, 3.63) is 56.7 Å². The van der Waals surface area contributed by atoms with Crippen molar-refractivity contribution in [2.45, 2.75) is 6.04 Å². The summed E-state index contributed by atoms with van der Waals surface area (Å²) in [6.45, 7) is 4.38. The number of rotatable bonds is 3. The van der Waals surface area contributed by atoms with Crippen LogP contribution in [0.4, 0.5) is 0 Å². The smallest absolute Gasteiger partial charge is 0.0610 e.